The van der Waals surface area contributed by atoms with Crippen molar-refractivity contribution < 1.29 is 14.6 Å². The zero-order valence-electron chi connectivity index (χ0n) is 15.5. The van der Waals surface area contributed by atoms with Crippen LogP contribution in [0.2, 0.25) is 0 Å². The van der Waals surface area contributed by atoms with Crippen LogP contribution in [0, 0.1) is 13.8 Å². The fourth-order valence-electron chi connectivity index (χ4n) is 4.24. The smallest absolute Gasteiger partial charge is 0.122 e. The number of nitrogens with zero attached hydrogens (tertiary/aromatic N) is 1. The Labute approximate surface area is 145 Å². The van der Waals surface area contributed by atoms with Crippen molar-refractivity contribution in [3.8, 4) is 5.75 Å². The lowest BCUT2D eigenvalue weighted by atomic mass is 9.78. The molecule has 4 nitrogen and oxygen atoms in total. The number of hydrogen-bond donors (Lipinski definition) is 1. The molecule has 1 spiro atoms. The van der Waals surface area contributed by atoms with E-state index in [0.717, 1.165) is 51.1 Å². The number of likely N-dealkylation sites (tertiary alicyclic amines) is 1. The first-order valence-corrected chi connectivity index (χ1v) is 9.05. The Morgan fingerprint density at radius 1 is 1.17 bits per heavy atom. The van der Waals surface area contributed by atoms with Gasteiger partial charge in [0.2, 0.25) is 0 Å². The molecular weight excluding hydrogens is 302 g/mol. The van der Waals surface area contributed by atoms with Crippen molar-refractivity contribution in [1.82, 2.24) is 4.90 Å². The van der Waals surface area contributed by atoms with Crippen LogP contribution in [0.3, 0.4) is 0 Å². The minimum Gasteiger partial charge on any atom is -0.496 e. The molecule has 0 radical (unpaired) electrons. The highest BCUT2D eigenvalue weighted by Crippen LogP contribution is 2.39. The van der Waals surface area contributed by atoms with E-state index in [4.69, 9.17) is 9.47 Å². The van der Waals surface area contributed by atoms with E-state index in [1.165, 1.54) is 16.7 Å². The molecule has 3 rings (SSSR count). The van der Waals surface area contributed by atoms with E-state index < -0.39 is 5.60 Å². The molecule has 1 aromatic rings. The normalized spacial score (nSPS) is 27.4. The monoisotopic (exact) mass is 333 g/mol. The molecule has 1 N–H and O–H groups in total. The van der Waals surface area contributed by atoms with Gasteiger partial charge in [0.15, 0.2) is 0 Å². The minimum absolute atomic E-state index is 0.108. The molecule has 2 saturated heterocycles. The Morgan fingerprint density at radius 3 is 2.50 bits per heavy atom. The van der Waals surface area contributed by atoms with E-state index in [1.54, 1.807) is 7.11 Å². The topological polar surface area (TPSA) is 41.9 Å². The molecule has 24 heavy (non-hydrogen) atoms. The first-order valence-electron chi connectivity index (χ1n) is 9.05. The van der Waals surface area contributed by atoms with Gasteiger partial charge >= 0.3 is 0 Å². The van der Waals surface area contributed by atoms with Crippen LogP contribution in [0.4, 0.5) is 0 Å². The van der Waals surface area contributed by atoms with Gasteiger partial charge in [-0.25, -0.2) is 0 Å². The molecule has 1 atom stereocenters. The highest BCUT2D eigenvalue weighted by Gasteiger charge is 2.44. The summed E-state index contributed by atoms with van der Waals surface area (Å²) in [7, 11) is 1.73. The quantitative estimate of drug-likeness (QED) is 0.922. The maximum absolute atomic E-state index is 10.4. The number of methoxy groups -OCH3 is 1. The summed E-state index contributed by atoms with van der Waals surface area (Å²) >= 11 is 0. The first kappa shape index (κ1) is 17.7. The zero-order chi connectivity index (χ0) is 17.4. The number of benzene rings is 1. The van der Waals surface area contributed by atoms with E-state index in [-0.39, 0.29) is 5.60 Å². The third-order valence-corrected chi connectivity index (χ3v) is 5.77. The van der Waals surface area contributed by atoms with Crippen molar-refractivity contribution in [3.05, 3.63) is 28.8 Å². The Balaban J connectivity index is 1.63. The summed E-state index contributed by atoms with van der Waals surface area (Å²) < 4.78 is 11.5. The standard InChI is InChI=1S/C20H31NO3/c1-15-12-18(23-4)16(2)11-17(15)13-21-8-5-20(6-9-21)14-19(3,22)7-10-24-20/h11-12,22H,5-10,13-14H2,1-4H3. The highest BCUT2D eigenvalue weighted by molar-refractivity contribution is 5.41. The number of hydrogen-bond acceptors (Lipinski definition) is 4. The van der Waals surface area contributed by atoms with Gasteiger partial charge in [-0.1, -0.05) is 6.07 Å². The summed E-state index contributed by atoms with van der Waals surface area (Å²) in [6.45, 7) is 9.93. The number of aliphatic hydroxyl groups is 1. The van der Waals surface area contributed by atoms with E-state index in [2.05, 4.69) is 30.9 Å². The Bertz CT molecular complexity index is 589. The summed E-state index contributed by atoms with van der Waals surface area (Å²) in [5.74, 6) is 0.965. The lowest BCUT2D eigenvalue weighted by Crippen LogP contribution is -2.53. The lowest BCUT2D eigenvalue weighted by Gasteiger charge is -2.48. The molecule has 2 aliphatic rings. The second-order valence-electron chi connectivity index (χ2n) is 7.98. The van der Waals surface area contributed by atoms with Crippen molar-refractivity contribution in [2.24, 2.45) is 0 Å². The van der Waals surface area contributed by atoms with Crippen LogP contribution < -0.4 is 4.74 Å². The zero-order valence-corrected chi connectivity index (χ0v) is 15.5. The van der Waals surface area contributed by atoms with E-state index in [1.807, 2.05) is 6.92 Å². The Hall–Kier alpha value is -1.10. The van der Waals surface area contributed by atoms with Crippen molar-refractivity contribution >= 4 is 0 Å². The number of piperidine rings is 1. The molecule has 2 heterocycles. The van der Waals surface area contributed by atoms with Crippen LogP contribution in [0.1, 0.15) is 49.3 Å². The maximum atomic E-state index is 10.4. The minimum atomic E-state index is -0.565. The summed E-state index contributed by atoms with van der Waals surface area (Å²) in [6, 6.07) is 4.39. The van der Waals surface area contributed by atoms with Gasteiger partial charge in [-0.15, -0.1) is 0 Å². The summed E-state index contributed by atoms with van der Waals surface area (Å²) in [4.78, 5) is 2.51. The van der Waals surface area contributed by atoms with Crippen LogP contribution in [0.25, 0.3) is 0 Å². The fourth-order valence-corrected chi connectivity index (χ4v) is 4.24. The second-order valence-corrected chi connectivity index (χ2v) is 7.98. The number of ether oxygens (including phenoxy) is 2. The second kappa shape index (κ2) is 6.66. The van der Waals surface area contributed by atoms with E-state index in [0.29, 0.717) is 6.61 Å². The van der Waals surface area contributed by atoms with Crippen molar-refractivity contribution in [2.45, 2.75) is 64.2 Å². The van der Waals surface area contributed by atoms with Gasteiger partial charge in [0.05, 0.1) is 24.9 Å². The van der Waals surface area contributed by atoms with Gasteiger partial charge in [0.1, 0.15) is 5.75 Å². The van der Waals surface area contributed by atoms with Crippen LogP contribution in [-0.2, 0) is 11.3 Å². The molecule has 1 unspecified atom stereocenters. The summed E-state index contributed by atoms with van der Waals surface area (Å²) in [5.41, 5.74) is 3.18. The molecule has 0 aromatic heterocycles. The number of rotatable bonds is 3. The van der Waals surface area contributed by atoms with Crippen LogP contribution in [-0.4, -0.2) is 48.0 Å². The molecule has 2 aliphatic heterocycles. The molecular formula is C20H31NO3. The fraction of sp³-hybridized carbons (Fsp3) is 0.700. The van der Waals surface area contributed by atoms with Gasteiger partial charge in [-0.3, -0.25) is 4.90 Å². The molecule has 2 fully saturated rings. The van der Waals surface area contributed by atoms with Crippen molar-refractivity contribution in [2.75, 3.05) is 26.8 Å². The Morgan fingerprint density at radius 2 is 1.88 bits per heavy atom. The average Bonchev–Trinajstić information content (AvgIpc) is 2.52. The number of aryl methyl sites for hydroxylation is 2. The lowest BCUT2D eigenvalue weighted by molar-refractivity contribution is -0.173. The predicted octanol–water partition coefficient (Wildman–Crippen LogP) is 3.21. The van der Waals surface area contributed by atoms with Gasteiger partial charge in [0, 0.05) is 26.1 Å². The first-order chi connectivity index (χ1) is 11.3. The third-order valence-electron chi connectivity index (χ3n) is 5.77. The van der Waals surface area contributed by atoms with Crippen LogP contribution in [0.15, 0.2) is 12.1 Å². The SMILES string of the molecule is COc1cc(C)c(CN2CCC3(CC2)CC(C)(O)CCO3)cc1C. The molecule has 0 aliphatic carbocycles. The predicted molar refractivity (Wildman–Crippen MR) is 95.5 cm³/mol. The van der Waals surface area contributed by atoms with E-state index >= 15 is 0 Å². The summed E-state index contributed by atoms with van der Waals surface area (Å²) in [6.07, 6.45) is 3.55. The molecule has 0 saturated carbocycles. The van der Waals surface area contributed by atoms with Crippen molar-refractivity contribution in [1.29, 1.82) is 0 Å². The van der Waals surface area contributed by atoms with Crippen LogP contribution >= 0.6 is 0 Å². The molecule has 0 amide bonds. The van der Waals surface area contributed by atoms with Gasteiger partial charge in [-0.2, -0.15) is 0 Å². The van der Waals surface area contributed by atoms with Crippen molar-refractivity contribution in [3.63, 3.8) is 0 Å². The third kappa shape index (κ3) is 3.76. The molecule has 1 aromatic carbocycles. The molecule has 134 valence electrons. The largest absolute Gasteiger partial charge is 0.496 e. The average molecular weight is 333 g/mol. The highest BCUT2D eigenvalue weighted by atomic mass is 16.5. The Kier molecular flexibility index (Phi) is 4.92. The van der Waals surface area contributed by atoms with Gasteiger partial charge in [-0.05, 0) is 62.8 Å². The van der Waals surface area contributed by atoms with Gasteiger partial charge < -0.3 is 14.6 Å². The van der Waals surface area contributed by atoms with Gasteiger partial charge in [0.25, 0.3) is 0 Å². The van der Waals surface area contributed by atoms with Crippen LogP contribution in [0.5, 0.6) is 5.75 Å². The van der Waals surface area contributed by atoms with E-state index in [9.17, 15) is 5.11 Å². The molecule has 4 heteroatoms. The maximum Gasteiger partial charge on any atom is 0.122 e. The summed E-state index contributed by atoms with van der Waals surface area (Å²) in [5, 5.41) is 10.4. The molecule has 0 bridgehead atoms.